The molecule has 0 radical (unpaired) electrons. The van der Waals surface area contributed by atoms with E-state index in [4.69, 9.17) is 0 Å². The van der Waals surface area contributed by atoms with Crippen molar-refractivity contribution in [2.24, 2.45) is 7.05 Å². The van der Waals surface area contributed by atoms with Crippen LogP contribution >= 0.6 is 0 Å². The van der Waals surface area contributed by atoms with Crippen molar-refractivity contribution in [1.82, 2.24) is 30.4 Å². The van der Waals surface area contributed by atoms with Gasteiger partial charge in [0.1, 0.15) is 0 Å². The van der Waals surface area contributed by atoms with Crippen LogP contribution in [0.3, 0.4) is 0 Å². The highest BCUT2D eigenvalue weighted by Gasteiger charge is 2.37. The fourth-order valence-electron chi connectivity index (χ4n) is 3.05. The van der Waals surface area contributed by atoms with Gasteiger partial charge in [-0.1, -0.05) is 27.7 Å². The maximum atomic E-state index is 4.35. The molecule has 1 rings (SSSR count). The smallest absolute Gasteiger partial charge is 0.176 e. The number of hydrogen-bond acceptors (Lipinski definition) is 5. The topological polar surface area (TPSA) is 58.9 Å². The van der Waals surface area contributed by atoms with Gasteiger partial charge in [0.15, 0.2) is 5.82 Å². The largest absolute Gasteiger partial charge is 0.312 e. The zero-order chi connectivity index (χ0) is 15.9. The molecule has 0 saturated heterocycles. The van der Waals surface area contributed by atoms with E-state index in [0.29, 0.717) is 6.04 Å². The lowest BCUT2D eigenvalue weighted by Crippen LogP contribution is -2.60. The van der Waals surface area contributed by atoms with Crippen molar-refractivity contribution in [2.75, 3.05) is 19.6 Å². The average molecular weight is 296 g/mol. The Labute approximate surface area is 129 Å². The summed E-state index contributed by atoms with van der Waals surface area (Å²) in [6.07, 6.45) is 3.04. The third kappa shape index (κ3) is 4.48. The Kier molecular flexibility index (Phi) is 7.25. The second-order valence-electron chi connectivity index (χ2n) is 5.79. The third-order valence-corrected chi connectivity index (χ3v) is 4.53. The molecule has 0 aromatic carbocycles. The maximum Gasteiger partial charge on any atom is 0.176 e. The van der Waals surface area contributed by atoms with E-state index in [-0.39, 0.29) is 5.54 Å². The Morgan fingerprint density at radius 3 is 2.33 bits per heavy atom. The van der Waals surface area contributed by atoms with Gasteiger partial charge in [-0.2, -0.15) is 4.80 Å². The Morgan fingerprint density at radius 2 is 1.90 bits per heavy atom. The molecule has 0 aliphatic rings. The zero-order valence-corrected chi connectivity index (χ0v) is 14.6. The van der Waals surface area contributed by atoms with Crippen molar-refractivity contribution in [3.05, 3.63) is 5.82 Å². The first-order valence-corrected chi connectivity index (χ1v) is 8.23. The third-order valence-electron chi connectivity index (χ3n) is 4.53. The fraction of sp³-hybridized carbons (Fsp3) is 0.933. The van der Waals surface area contributed by atoms with Gasteiger partial charge in [-0.25, -0.2) is 0 Å². The molecule has 122 valence electrons. The summed E-state index contributed by atoms with van der Waals surface area (Å²) in [7, 11) is 1.81. The van der Waals surface area contributed by atoms with Gasteiger partial charge in [0.05, 0.1) is 7.05 Å². The molecule has 0 aliphatic heterocycles. The predicted octanol–water partition coefficient (Wildman–Crippen LogP) is 1.63. The van der Waals surface area contributed by atoms with Crippen LogP contribution in [0.2, 0.25) is 0 Å². The molecule has 6 nitrogen and oxygen atoms in total. The Balaban J connectivity index is 2.96. The van der Waals surface area contributed by atoms with Crippen LogP contribution in [0.15, 0.2) is 0 Å². The number of rotatable bonds is 10. The van der Waals surface area contributed by atoms with Gasteiger partial charge in [0.2, 0.25) is 0 Å². The number of hydrogen-bond donors (Lipinski definition) is 1. The first-order chi connectivity index (χ1) is 10.0. The van der Waals surface area contributed by atoms with E-state index < -0.39 is 0 Å². The lowest BCUT2D eigenvalue weighted by atomic mass is 9.84. The van der Waals surface area contributed by atoms with Crippen LogP contribution in [0.25, 0.3) is 0 Å². The minimum atomic E-state index is 0.0951. The van der Waals surface area contributed by atoms with Crippen LogP contribution in [0.4, 0.5) is 0 Å². The van der Waals surface area contributed by atoms with E-state index in [0.717, 1.165) is 44.7 Å². The lowest BCUT2D eigenvalue weighted by Gasteiger charge is -2.46. The van der Waals surface area contributed by atoms with Crippen LogP contribution in [0, 0.1) is 0 Å². The molecule has 0 fully saturated rings. The summed E-state index contributed by atoms with van der Waals surface area (Å²) in [5.74, 6) is 0.818. The molecular formula is C15H32N6. The van der Waals surface area contributed by atoms with Crippen LogP contribution in [-0.4, -0.2) is 56.3 Å². The quantitative estimate of drug-likeness (QED) is 0.711. The molecule has 0 bridgehead atoms. The van der Waals surface area contributed by atoms with Gasteiger partial charge in [-0.3, -0.25) is 4.90 Å². The Hall–Kier alpha value is -1.01. The summed E-state index contributed by atoms with van der Waals surface area (Å²) >= 11 is 0. The molecule has 0 aliphatic carbocycles. The Morgan fingerprint density at radius 1 is 1.24 bits per heavy atom. The number of nitrogens with zero attached hydrogens (tertiary/aromatic N) is 5. The van der Waals surface area contributed by atoms with E-state index in [2.05, 4.69) is 60.2 Å². The van der Waals surface area contributed by atoms with Crippen molar-refractivity contribution in [1.29, 1.82) is 0 Å². The van der Waals surface area contributed by atoms with Crippen LogP contribution in [-0.2, 0) is 13.5 Å². The van der Waals surface area contributed by atoms with Gasteiger partial charge in [0.25, 0.3) is 0 Å². The van der Waals surface area contributed by atoms with Gasteiger partial charge in [-0.05, 0) is 44.6 Å². The normalized spacial score (nSPS) is 16.1. The highest BCUT2D eigenvalue weighted by molar-refractivity contribution is 5.00. The summed E-state index contributed by atoms with van der Waals surface area (Å²) in [5, 5.41) is 16.2. The summed E-state index contributed by atoms with van der Waals surface area (Å²) in [5.41, 5.74) is 0.0951. The van der Waals surface area contributed by atoms with Gasteiger partial charge in [0, 0.05) is 18.0 Å². The monoisotopic (exact) mass is 296 g/mol. The van der Waals surface area contributed by atoms with E-state index in [1.807, 2.05) is 7.05 Å². The van der Waals surface area contributed by atoms with Gasteiger partial charge < -0.3 is 5.32 Å². The number of aromatic nitrogens is 4. The molecule has 1 heterocycles. The molecule has 6 heteroatoms. The van der Waals surface area contributed by atoms with Crippen LogP contribution in [0.1, 0.15) is 53.3 Å². The van der Waals surface area contributed by atoms with Gasteiger partial charge >= 0.3 is 0 Å². The average Bonchev–Trinajstić information content (AvgIpc) is 2.89. The van der Waals surface area contributed by atoms with E-state index in [9.17, 15) is 0 Å². The molecule has 2 atom stereocenters. The summed E-state index contributed by atoms with van der Waals surface area (Å²) in [6, 6.07) is 0.326. The van der Waals surface area contributed by atoms with Crippen molar-refractivity contribution < 1.29 is 0 Å². The minimum Gasteiger partial charge on any atom is -0.312 e. The second kappa shape index (κ2) is 8.44. The number of aryl methyl sites for hydroxylation is 1. The summed E-state index contributed by atoms with van der Waals surface area (Å²) < 4.78 is 0. The van der Waals surface area contributed by atoms with Crippen molar-refractivity contribution in [2.45, 2.75) is 65.5 Å². The van der Waals surface area contributed by atoms with E-state index in [1.165, 1.54) is 4.80 Å². The second-order valence-corrected chi connectivity index (χ2v) is 5.79. The highest BCUT2D eigenvalue weighted by Crippen LogP contribution is 2.25. The van der Waals surface area contributed by atoms with Gasteiger partial charge in [-0.15, -0.1) is 10.2 Å². The highest BCUT2D eigenvalue weighted by atomic mass is 15.6. The SMILES string of the molecule is CCCNC(Cc1nnn(C)n1)C(C)(CC)N(CC)CC. The molecular weight excluding hydrogens is 264 g/mol. The number of nitrogens with one attached hydrogen (secondary N) is 1. The van der Waals surface area contributed by atoms with Crippen molar-refractivity contribution in [3.8, 4) is 0 Å². The molecule has 2 unspecified atom stereocenters. The predicted molar refractivity (Wildman–Crippen MR) is 86.2 cm³/mol. The first kappa shape index (κ1) is 18.0. The van der Waals surface area contributed by atoms with Crippen LogP contribution < -0.4 is 5.32 Å². The van der Waals surface area contributed by atoms with E-state index >= 15 is 0 Å². The van der Waals surface area contributed by atoms with Crippen LogP contribution in [0.5, 0.6) is 0 Å². The van der Waals surface area contributed by atoms with Crippen molar-refractivity contribution >= 4 is 0 Å². The molecule has 0 saturated carbocycles. The zero-order valence-electron chi connectivity index (χ0n) is 14.6. The molecule has 21 heavy (non-hydrogen) atoms. The maximum absolute atomic E-state index is 4.35. The molecule has 1 aromatic heterocycles. The lowest BCUT2D eigenvalue weighted by molar-refractivity contribution is 0.0693. The first-order valence-electron chi connectivity index (χ1n) is 8.23. The fourth-order valence-corrected chi connectivity index (χ4v) is 3.05. The Bertz CT molecular complexity index is 401. The molecule has 1 aromatic rings. The summed E-state index contributed by atoms with van der Waals surface area (Å²) in [6.45, 7) is 14.4. The minimum absolute atomic E-state index is 0.0951. The standard InChI is InChI=1S/C15H32N6/c1-7-11-16-13(12-14-17-19-20(6)18-14)15(5,8-2)21(9-3)10-4/h13,16H,7-12H2,1-6H3. The number of tetrazole rings is 1. The number of likely N-dealkylation sites (N-methyl/N-ethyl adjacent to an activating group) is 1. The molecule has 0 spiro atoms. The van der Waals surface area contributed by atoms with Crippen molar-refractivity contribution in [3.63, 3.8) is 0 Å². The van der Waals surface area contributed by atoms with E-state index in [1.54, 1.807) is 0 Å². The molecule has 1 N–H and O–H groups in total. The summed E-state index contributed by atoms with van der Waals surface area (Å²) in [4.78, 5) is 4.07. The molecule has 0 amide bonds.